The monoisotopic (exact) mass is 389 g/mol. The molecule has 1 aliphatic rings. The molecule has 27 heavy (non-hydrogen) atoms. The van der Waals surface area contributed by atoms with Gasteiger partial charge in [-0.3, -0.25) is 9.69 Å². The van der Waals surface area contributed by atoms with Crippen molar-refractivity contribution < 1.29 is 19.1 Å². The van der Waals surface area contributed by atoms with Gasteiger partial charge in [-0.05, 0) is 11.4 Å². The number of Topliss-reactive ketones (excluding diaryl/α,β-unsaturated/α-hetero) is 1. The van der Waals surface area contributed by atoms with Crippen LogP contribution in [-0.4, -0.2) is 68.6 Å². The number of anilines is 1. The number of ether oxygens (including phenoxy) is 2. The molecule has 1 N–H and O–H groups in total. The molecule has 0 radical (unpaired) electrons. The van der Waals surface area contributed by atoms with E-state index in [4.69, 9.17) is 9.47 Å². The van der Waals surface area contributed by atoms with Crippen molar-refractivity contribution in [3.05, 3.63) is 40.6 Å². The number of urea groups is 1. The van der Waals surface area contributed by atoms with Crippen LogP contribution in [0.1, 0.15) is 9.67 Å². The number of thiophene rings is 1. The maximum absolute atomic E-state index is 12.5. The van der Waals surface area contributed by atoms with Crippen LogP contribution in [-0.2, 0) is 0 Å². The molecule has 1 aromatic carbocycles. The summed E-state index contributed by atoms with van der Waals surface area (Å²) in [6, 6.07) is 8.80. The first kappa shape index (κ1) is 19.2. The lowest BCUT2D eigenvalue weighted by Crippen LogP contribution is -2.51. The molecule has 0 bridgehead atoms. The van der Waals surface area contributed by atoms with Crippen molar-refractivity contribution >= 4 is 28.8 Å². The second-order valence-corrected chi connectivity index (χ2v) is 7.14. The summed E-state index contributed by atoms with van der Waals surface area (Å²) in [7, 11) is 3.13. The minimum Gasteiger partial charge on any atom is -0.497 e. The number of amides is 2. The lowest BCUT2D eigenvalue weighted by molar-refractivity contribution is 0.0887. The van der Waals surface area contributed by atoms with Crippen LogP contribution < -0.4 is 14.8 Å². The third kappa shape index (κ3) is 4.99. The second-order valence-electron chi connectivity index (χ2n) is 6.20. The fourth-order valence-electron chi connectivity index (χ4n) is 2.91. The fourth-order valence-corrected chi connectivity index (χ4v) is 3.57. The number of piperazine rings is 1. The van der Waals surface area contributed by atoms with Crippen LogP contribution in [0.15, 0.2) is 35.7 Å². The van der Waals surface area contributed by atoms with Crippen LogP contribution in [0.3, 0.4) is 0 Å². The summed E-state index contributed by atoms with van der Waals surface area (Å²) in [6.45, 7) is 2.89. The van der Waals surface area contributed by atoms with E-state index in [0.29, 0.717) is 49.9 Å². The maximum atomic E-state index is 12.5. The Bertz CT molecular complexity index is 764. The average Bonchev–Trinajstić information content (AvgIpc) is 3.23. The number of hydrogen-bond donors (Lipinski definition) is 1. The summed E-state index contributed by atoms with van der Waals surface area (Å²) in [5, 5.41) is 4.79. The highest BCUT2D eigenvalue weighted by molar-refractivity contribution is 7.12. The molecule has 1 saturated heterocycles. The van der Waals surface area contributed by atoms with Gasteiger partial charge in [0.05, 0.1) is 25.6 Å². The van der Waals surface area contributed by atoms with E-state index < -0.39 is 0 Å². The van der Waals surface area contributed by atoms with Crippen molar-refractivity contribution in [3.8, 4) is 11.5 Å². The molecule has 1 aromatic heterocycles. The van der Waals surface area contributed by atoms with E-state index in [-0.39, 0.29) is 11.8 Å². The third-order valence-corrected chi connectivity index (χ3v) is 5.34. The van der Waals surface area contributed by atoms with Crippen LogP contribution in [0.5, 0.6) is 11.5 Å². The first-order chi connectivity index (χ1) is 13.1. The summed E-state index contributed by atoms with van der Waals surface area (Å²) < 4.78 is 10.4. The Hall–Kier alpha value is -2.58. The van der Waals surface area contributed by atoms with Crippen molar-refractivity contribution in [2.24, 2.45) is 0 Å². The number of hydrogen-bond acceptors (Lipinski definition) is 6. The number of nitrogens with zero attached hydrogens (tertiary/aromatic N) is 2. The standard InChI is InChI=1S/C19H23N3O4S/c1-25-15-10-14(11-16(12-15)26-2)20-19(24)22-7-5-21(6-8-22)13-17(23)18-4-3-9-27-18/h3-4,9-12H,5-8,13H2,1-2H3,(H,20,24). The van der Waals surface area contributed by atoms with Gasteiger partial charge in [0.15, 0.2) is 5.78 Å². The lowest BCUT2D eigenvalue weighted by Gasteiger charge is -2.34. The van der Waals surface area contributed by atoms with Gasteiger partial charge in [0, 0.05) is 50.1 Å². The van der Waals surface area contributed by atoms with Gasteiger partial charge in [0.25, 0.3) is 0 Å². The average molecular weight is 389 g/mol. The van der Waals surface area contributed by atoms with Crippen LogP contribution in [0, 0.1) is 0 Å². The van der Waals surface area contributed by atoms with Gasteiger partial charge < -0.3 is 19.7 Å². The van der Waals surface area contributed by atoms with E-state index in [0.717, 1.165) is 4.88 Å². The number of rotatable bonds is 6. The van der Waals surface area contributed by atoms with Gasteiger partial charge in [0.1, 0.15) is 11.5 Å². The van der Waals surface area contributed by atoms with Crippen molar-refractivity contribution in [2.75, 3.05) is 52.3 Å². The molecule has 2 amide bonds. The lowest BCUT2D eigenvalue weighted by atomic mass is 10.2. The van der Waals surface area contributed by atoms with E-state index >= 15 is 0 Å². The quantitative estimate of drug-likeness (QED) is 0.770. The molecular formula is C19H23N3O4S. The van der Waals surface area contributed by atoms with Crippen LogP contribution in [0.2, 0.25) is 0 Å². The molecule has 7 nitrogen and oxygen atoms in total. The zero-order valence-corrected chi connectivity index (χ0v) is 16.3. The normalized spacial score (nSPS) is 14.7. The van der Waals surface area contributed by atoms with Gasteiger partial charge in [-0.25, -0.2) is 4.79 Å². The van der Waals surface area contributed by atoms with E-state index in [1.165, 1.54) is 11.3 Å². The first-order valence-electron chi connectivity index (χ1n) is 8.67. The zero-order valence-electron chi connectivity index (χ0n) is 15.4. The van der Waals surface area contributed by atoms with Gasteiger partial charge in [-0.15, -0.1) is 11.3 Å². The predicted molar refractivity (Wildman–Crippen MR) is 105 cm³/mol. The Morgan fingerprint density at radius 1 is 1.07 bits per heavy atom. The number of nitrogens with one attached hydrogen (secondary N) is 1. The summed E-state index contributed by atoms with van der Waals surface area (Å²) >= 11 is 1.46. The van der Waals surface area contributed by atoms with Crippen molar-refractivity contribution in [1.82, 2.24) is 9.80 Å². The Balaban J connectivity index is 1.52. The van der Waals surface area contributed by atoms with Gasteiger partial charge >= 0.3 is 6.03 Å². The number of carbonyl (C=O) groups is 2. The Labute approximate surface area is 162 Å². The van der Waals surface area contributed by atoms with Crippen molar-refractivity contribution in [2.45, 2.75) is 0 Å². The highest BCUT2D eigenvalue weighted by atomic mass is 32.1. The molecule has 1 aliphatic heterocycles. The molecule has 144 valence electrons. The Kier molecular flexibility index (Phi) is 6.31. The molecule has 0 aliphatic carbocycles. The molecule has 8 heteroatoms. The summed E-state index contributed by atoms with van der Waals surface area (Å²) in [6.07, 6.45) is 0. The van der Waals surface area contributed by atoms with E-state index in [9.17, 15) is 9.59 Å². The molecule has 0 unspecified atom stereocenters. The number of ketones is 1. The number of benzene rings is 1. The summed E-state index contributed by atoms with van der Waals surface area (Å²) in [4.78, 5) is 29.3. The highest BCUT2D eigenvalue weighted by Crippen LogP contribution is 2.26. The molecule has 3 rings (SSSR count). The zero-order chi connectivity index (χ0) is 19.2. The minimum absolute atomic E-state index is 0.131. The first-order valence-corrected chi connectivity index (χ1v) is 9.55. The van der Waals surface area contributed by atoms with Gasteiger partial charge in [-0.1, -0.05) is 6.07 Å². The van der Waals surface area contributed by atoms with Gasteiger partial charge in [-0.2, -0.15) is 0 Å². The molecule has 0 spiro atoms. The molecule has 2 aromatic rings. The van der Waals surface area contributed by atoms with E-state index in [2.05, 4.69) is 10.2 Å². The molecule has 0 saturated carbocycles. The summed E-state index contributed by atoms with van der Waals surface area (Å²) in [5.74, 6) is 1.36. The maximum Gasteiger partial charge on any atom is 0.321 e. The topological polar surface area (TPSA) is 71.1 Å². The number of methoxy groups -OCH3 is 2. The van der Waals surface area contributed by atoms with E-state index in [1.54, 1.807) is 37.3 Å². The second kappa shape index (κ2) is 8.88. The Morgan fingerprint density at radius 3 is 2.30 bits per heavy atom. The summed E-state index contributed by atoms with van der Waals surface area (Å²) in [5.41, 5.74) is 0.617. The third-order valence-electron chi connectivity index (χ3n) is 4.43. The Morgan fingerprint density at radius 2 is 1.74 bits per heavy atom. The molecule has 1 fully saturated rings. The van der Waals surface area contributed by atoms with Crippen LogP contribution in [0.25, 0.3) is 0 Å². The van der Waals surface area contributed by atoms with Crippen molar-refractivity contribution in [3.63, 3.8) is 0 Å². The largest absolute Gasteiger partial charge is 0.497 e. The van der Waals surface area contributed by atoms with Crippen LogP contribution in [0.4, 0.5) is 10.5 Å². The number of carbonyl (C=O) groups excluding carboxylic acids is 2. The molecule has 2 heterocycles. The minimum atomic E-state index is -0.172. The highest BCUT2D eigenvalue weighted by Gasteiger charge is 2.23. The fraction of sp³-hybridized carbons (Fsp3) is 0.368. The molecule has 0 atom stereocenters. The molecular weight excluding hydrogens is 366 g/mol. The van der Waals surface area contributed by atoms with Gasteiger partial charge in [0.2, 0.25) is 0 Å². The SMILES string of the molecule is COc1cc(NC(=O)N2CCN(CC(=O)c3cccs3)CC2)cc(OC)c1. The predicted octanol–water partition coefficient (Wildman–Crippen LogP) is 2.80. The van der Waals surface area contributed by atoms with E-state index in [1.807, 2.05) is 17.5 Å². The smallest absolute Gasteiger partial charge is 0.321 e. The van der Waals surface area contributed by atoms with Crippen LogP contribution >= 0.6 is 11.3 Å². The van der Waals surface area contributed by atoms with Crippen molar-refractivity contribution in [1.29, 1.82) is 0 Å².